The predicted molar refractivity (Wildman–Crippen MR) is 117 cm³/mol. The zero-order valence-corrected chi connectivity index (χ0v) is 18.1. The quantitative estimate of drug-likeness (QED) is 0.518. The van der Waals surface area contributed by atoms with E-state index >= 15 is 0 Å². The molecule has 2 aromatic carbocycles. The van der Waals surface area contributed by atoms with Gasteiger partial charge < -0.3 is 14.6 Å². The number of carbonyl (C=O) groups excluding carboxylic acids is 1. The summed E-state index contributed by atoms with van der Waals surface area (Å²) in [6, 6.07) is 11.9. The van der Waals surface area contributed by atoms with Crippen molar-refractivity contribution < 1.29 is 13.9 Å². The minimum atomic E-state index is -0.337. The van der Waals surface area contributed by atoms with Crippen LogP contribution in [0.25, 0.3) is 0 Å². The molecular weight excluding hydrogens is 403 g/mol. The number of rotatable bonds is 9. The van der Waals surface area contributed by atoms with E-state index in [4.69, 9.17) is 4.74 Å². The topological polar surface area (TPSA) is 69.0 Å². The Labute approximate surface area is 179 Å². The van der Waals surface area contributed by atoms with E-state index in [1.54, 1.807) is 7.11 Å². The second-order valence-corrected chi connectivity index (χ2v) is 7.90. The van der Waals surface area contributed by atoms with Gasteiger partial charge in [-0.2, -0.15) is 0 Å². The molecule has 0 saturated carbocycles. The molecule has 8 heteroatoms. The maximum atomic E-state index is 12.9. The number of aromatic nitrogens is 3. The van der Waals surface area contributed by atoms with Crippen molar-refractivity contribution in [3.63, 3.8) is 0 Å². The molecule has 1 amide bonds. The first-order valence-corrected chi connectivity index (χ1v) is 10.6. The molecule has 0 radical (unpaired) electrons. The van der Waals surface area contributed by atoms with Crippen LogP contribution in [0.5, 0.6) is 5.75 Å². The molecule has 1 heterocycles. The zero-order valence-electron chi connectivity index (χ0n) is 17.3. The first-order chi connectivity index (χ1) is 14.5. The van der Waals surface area contributed by atoms with Gasteiger partial charge in [0.15, 0.2) is 5.16 Å². The monoisotopic (exact) mass is 428 g/mol. The molecule has 30 heavy (non-hydrogen) atoms. The second-order valence-electron chi connectivity index (χ2n) is 6.96. The number of nitrogens with one attached hydrogen (secondary N) is 1. The van der Waals surface area contributed by atoms with E-state index in [2.05, 4.69) is 27.6 Å². The lowest BCUT2D eigenvalue weighted by Gasteiger charge is -2.08. The second kappa shape index (κ2) is 10.2. The van der Waals surface area contributed by atoms with Gasteiger partial charge in [0.2, 0.25) is 5.91 Å². The van der Waals surface area contributed by atoms with Gasteiger partial charge in [0.25, 0.3) is 0 Å². The third kappa shape index (κ3) is 5.82. The largest absolute Gasteiger partial charge is 0.496 e. The minimum absolute atomic E-state index is 0.175. The maximum Gasteiger partial charge on any atom is 0.234 e. The Morgan fingerprint density at radius 1 is 1.17 bits per heavy atom. The molecule has 0 bridgehead atoms. The van der Waals surface area contributed by atoms with Crippen LogP contribution in [-0.2, 0) is 24.7 Å². The third-order valence-corrected chi connectivity index (χ3v) is 5.73. The van der Waals surface area contributed by atoms with Crippen LogP contribution < -0.4 is 10.1 Å². The number of hydrogen-bond donors (Lipinski definition) is 1. The van der Waals surface area contributed by atoms with E-state index in [-0.39, 0.29) is 17.5 Å². The number of nitrogens with zero attached hydrogens (tertiary/aromatic N) is 3. The Balaban J connectivity index is 1.47. The standard InChI is InChI=1S/C22H25FN4O2S/c1-15-13-16(7-12-19(15)29-3)5-4-6-20-25-26-22(27(20)2)30-14-21(28)24-18-10-8-17(23)9-11-18/h7-13H,4-6,14H2,1-3H3,(H,24,28). The highest BCUT2D eigenvalue weighted by molar-refractivity contribution is 7.99. The number of methoxy groups -OCH3 is 1. The van der Waals surface area contributed by atoms with Crippen LogP contribution in [-0.4, -0.2) is 33.5 Å². The molecule has 1 aromatic heterocycles. The Kier molecular flexibility index (Phi) is 7.46. The maximum absolute atomic E-state index is 12.9. The molecule has 3 aromatic rings. The number of thioether (sulfide) groups is 1. The molecule has 158 valence electrons. The molecule has 0 unspecified atom stereocenters. The Hall–Kier alpha value is -2.87. The normalized spacial score (nSPS) is 10.8. The minimum Gasteiger partial charge on any atom is -0.496 e. The van der Waals surface area contributed by atoms with Gasteiger partial charge in [-0.05, 0) is 61.2 Å². The summed E-state index contributed by atoms with van der Waals surface area (Å²) in [7, 11) is 3.59. The number of carbonyl (C=O) groups is 1. The van der Waals surface area contributed by atoms with Crippen molar-refractivity contribution in [1.82, 2.24) is 14.8 Å². The van der Waals surface area contributed by atoms with Crippen LogP contribution in [0.2, 0.25) is 0 Å². The molecule has 0 aliphatic rings. The fraction of sp³-hybridized carbons (Fsp3) is 0.318. The number of amides is 1. The first kappa shape index (κ1) is 21.8. The summed E-state index contributed by atoms with van der Waals surface area (Å²) >= 11 is 1.32. The number of ether oxygens (including phenoxy) is 1. The van der Waals surface area contributed by atoms with E-state index in [9.17, 15) is 9.18 Å². The molecule has 0 fully saturated rings. The third-order valence-electron chi connectivity index (χ3n) is 4.71. The Bertz CT molecular complexity index is 1000. The summed E-state index contributed by atoms with van der Waals surface area (Å²) in [5, 5.41) is 11.9. The summed E-state index contributed by atoms with van der Waals surface area (Å²) in [4.78, 5) is 12.1. The lowest BCUT2D eigenvalue weighted by Crippen LogP contribution is -2.14. The van der Waals surface area contributed by atoms with Crippen LogP contribution in [0.3, 0.4) is 0 Å². The zero-order chi connectivity index (χ0) is 21.5. The highest BCUT2D eigenvalue weighted by atomic mass is 32.2. The van der Waals surface area contributed by atoms with E-state index in [1.807, 2.05) is 24.6 Å². The molecule has 0 spiro atoms. The highest BCUT2D eigenvalue weighted by Gasteiger charge is 2.12. The van der Waals surface area contributed by atoms with Crippen molar-refractivity contribution in [2.24, 2.45) is 7.05 Å². The van der Waals surface area contributed by atoms with E-state index in [0.29, 0.717) is 10.8 Å². The lowest BCUT2D eigenvalue weighted by atomic mass is 10.0. The lowest BCUT2D eigenvalue weighted by molar-refractivity contribution is -0.113. The van der Waals surface area contributed by atoms with Gasteiger partial charge in [0.05, 0.1) is 12.9 Å². The SMILES string of the molecule is COc1ccc(CCCc2nnc(SCC(=O)Nc3ccc(F)cc3)n2C)cc1C. The molecule has 0 atom stereocenters. The van der Waals surface area contributed by atoms with Crippen molar-refractivity contribution in [2.75, 3.05) is 18.2 Å². The van der Waals surface area contributed by atoms with Crippen molar-refractivity contribution >= 4 is 23.4 Å². The fourth-order valence-electron chi connectivity index (χ4n) is 3.10. The van der Waals surface area contributed by atoms with E-state index in [0.717, 1.165) is 36.4 Å². The predicted octanol–water partition coefficient (Wildman–Crippen LogP) is 4.18. The van der Waals surface area contributed by atoms with Gasteiger partial charge >= 0.3 is 0 Å². The molecule has 0 saturated heterocycles. The average Bonchev–Trinajstić information content (AvgIpc) is 3.08. The van der Waals surface area contributed by atoms with E-state index in [1.165, 1.54) is 41.6 Å². The molecule has 3 rings (SSSR count). The van der Waals surface area contributed by atoms with Crippen molar-refractivity contribution in [3.05, 3.63) is 65.2 Å². The number of anilines is 1. The smallest absolute Gasteiger partial charge is 0.234 e. The fourth-order valence-corrected chi connectivity index (χ4v) is 3.83. The van der Waals surface area contributed by atoms with Gasteiger partial charge in [0, 0.05) is 19.2 Å². The van der Waals surface area contributed by atoms with Crippen molar-refractivity contribution in [1.29, 1.82) is 0 Å². The molecular formula is C22H25FN4O2S. The molecule has 6 nitrogen and oxygen atoms in total. The average molecular weight is 429 g/mol. The van der Waals surface area contributed by atoms with Gasteiger partial charge in [-0.25, -0.2) is 4.39 Å². The highest BCUT2D eigenvalue weighted by Crippen LogP contribution is 2.21. The number of halogens is 1. The summed E-state index contributed by atoms with van der Waals surface area (Å²) in [6.07, 6.45) is 2.70. The van der Waals surface area contributed by atoms with Gasteiger partial charge in [-0.15, -0.1) is 10.2 Å². The van der Waals surface area contributed by atoms with Gasteiger partial charge in [-0.1, -0.05) is 23.9 Å². The Morgan fingerprint density at radius 3 is 2.63 bits per heavy atom. The molecule has 0 aliphatic heterocycles. The van der Waals surface area contributed by atoms with Crippen LogP contribution in [0, 0.1) is 12.7 Å². The summed E-state index contributed by atoms with van der Waals surface area (Å²) in [6.45, 7) is 2.04. The summed E-state index contributed by atoms with van der Waals surface area (Å²) in [5.41, 5.74) is 2.96. The molecule has 1 N–H and O–H groups in total. The van der Waals surface area contributed by atoms with Crippen LogP contribution >= 0.6 is 11.8 Å². The Morgan fingerprint density at radius 2 is 1.93 bits per heavy atom. The summed E-state index contributed by atoms with van der Waals surface area (Å²) < 4.78 is 20.2. The number of aryl methyl sites for hydroxylation is 3. The van der Waals surface area contributed by atoms with Crippen LogP contribution in [0.1, 0.15) is 23.4 Å². The van der Waals surface area contributed by atoms with E-state index < -0.39 is 0 Å². The van der Waals surface area contributed by atoms with Crippen LogP contribution in [0.15, 0.2) is 47.6 Å². The van der Waals surface area contributed by atoms with Gasteiger partial charge in [0.1, 0.15) is 17.4 Å². The van der Waals surface area contributed by atoms with Crippen molar-refractivity contribution in [3.8, 4) is 5.75 Å². The van der Waals surface area contributed by atoms with Crippen LogP contribution in [0.4, 0.5) is 10.1 Å². The van der Waals surface area contributed by atoms with Crippen molar-refractivity contribution in [2.45, 2.75) is 31.3 Å². The van der Waals surface area contributed by atoms with Gasteiger partial charge in [-0.3, -0.25) is 4.79 Å². The molecule has 0 aliphatic carbocycles. The number of benzene rings is 2. The summed E-state index contributed by atoms with van der Waals surface area (Å²) in [5.74, 6) is 1.48. The first-order valence-electron chi connectivity index (χ1n) is 9.66. The number of hydrogen-bond acceptors (Lipinski definition) is 5.